The third-order valence-corrected chi connectivity index (χ3v) is 4.12. The lowest BCUT2D eigenvalue weighted by molar-refractivity contribution is -0.154. The summed E-state index contributed by atoms with van der Waals surface area (Å²) in [5, 5.41) is 2.80. The molecule has 1 N–H and O–H groups in total. The number of amides is 1. The van der Waals surface area contributed by atoms with Crippen molar-refractivity contribution in [3.8, 4) is 5.88 Å². The first-order valence-corrected chi connectivity index (χ1v) is 9.02. The number of nitrogens with one attached hydrogen (secondary N) is 1. The maximum atomic E-state index is 12.5. The monoisotopic (exact) mass is 409 g/mol. The molecule has 0 fully saturated rings. The lowest BCUT2D eigenvalue weighted by atomic mass is 10.1. The molecule has 2 rings (SSSR count). The molecule has 0 aliphatic carbocycles. The number of alkyl halides is 3. The topological polar surface area (TPSA) is 81.2 Å². The quantitative estimate of drug-likeness (QED) is 0.718. The van der Waals surface area contributed by atoms with E-state index >= 15 is 0 Å². The van der Waals surface area contributed by atoms with Crippen LogP contribution in [-0.2, 0) is 11.2 Å². The fourth-order valence-corrected chi connectivity index (χ4v) is 2.53. The van der Waals surface area contributed by atoms with Gasteiger partial charge >= 0.3 is 6.18 Å². The molecule has 2 aromatic rings. The molecule has 1 unspecified atom stereocenters. The van der Waals surface area contributed by atoms with Crippen LogP contribution in [0.15, 0.2) is 30.6 Å². The van der Waals surface area contributed by atoms with Crippen molar-refractivity contribution in [3.05, 3.63) is 53.0 Å². The fourth-order valence-electron chi connectivity index (χ4n) is 2.53. The number of ether oxygens (including phenoxy) is 1. The molecule has 0 saturated carbocycles. The van der Waals surface area contributed by atoms with Gasteiger partial charge in [0.25, 0.3) is 5.91 Å². The van der Waals surface area contributed by atoms with E-state index in [0.717, 1.165) is 0 Å². The van der Waals surface area contributed by atoms with E-state index in [1.165, 1.54) is 12.4 Å². The Morgan fingerprint density at radius 1 is 1.24 bits per heavy atom. The number of halogens is 3. The molecule has 0 aliphatic heterocycles. The number of pyridine rings is 2. The SMILES string of the molecule is CCC(=O)Cc1cc(C(=O)NC(C)c2cnc(OCC(F)(F)F)c(C)c2)ccn1. The zero-order valence-electron chi connectivity index (χ0n) is 16.3. The number of hydrogen-bond acceptors (Lipinski definition) is 5. The van der Waals surface area contributed by atoms with Gasteiger partial charge in [-0.05, 0) is 37.6 Å². The number of hydrogen-bond donors (Lipinski definition) is 1. The maximum absolute atomic E-state index is 12.5. The van der Waals surface area contributed by atoms with Crippen LogP contribution in [0.2, 0.25) is 0 Å². The molecule has 2 aromatic heterocycles. The van der Waals surface area contributed by atoms with E-state index in [4.69, 9.17) is 0 Å². The van der Waals surface area contributed by atoms with Gasteiger partial charge in [0, 0.05) is 42.1 Å². The van der Waals surface area contributed by atoms with Crippen LogP contribution in [0, 0.1) is 6.92 Å². The van der Waals surface area contributed by atoms with Crippen LogP contribution in [0.1, 0.15) is 53.5 Å². The molecule has 0 saturated heterocycles. The minimum Gasteiger partial charge on any atom is -0.468 e. The smallest absolute Gasteiger partial charge is 0.422 e. The van der Waals surface area contributed by atoms with Crippen LogP contribution in [0.25, 0.3) is 0 Å². The lowest BCUT2D eigenvalue weighted by Gasteiger charge is -2.16. The zero-order valence-corrected chi connectivity index (χ0v) is 16.3. The largest absolute Gasteiger partial charge is 0.468 e. The molecule has 0 aliphatic rings. The first kappa shape index (κ1) is 22.3. The molecule has 1 atom stereocenters. The highest BCUT2D eigenvalue weighted by molar-refractivity contribution is 5.94. The molecule has 0 aromatic carbocycles. The summed E-state index contributed by atoms with van der Waals surface area (Å²) in [6, 6.07) is 4.27. The molecule has 9 heteroatoms. The van der Waals surface area contributed by atoms with Crippen LogP contribution in [0.3, 0.4) is 0 Å². The standard InChI is InChI=1S/C20H22F3N3O3/c1-4-17(27)9-16-8-14(5-6-24-16)18(28)26-13(3)15-7-12(2)19(25-10-15)29-11-20(21,22)23/h5-8,10,13H,4,9,11H2,1-3H3,(H,26,28). The Kier molecular flexibility index (Phi) is 7.30. The van der Waals surface area contributed by atoms with Crippen molar-refractivity contribution in [1.29, 1.82) is 0 Å². The van der Waals surface area contributed by atoms with Crippen molar-refractivity contribution in [1.82, 2.24) is 15.3 Å². The van der Waals surface area contributed by atoms with Gasteiger partial charge in [-0.2, -0.15) is 13.2 Å². The lowest BCUT2D eigenvalue weighted by Crippen LogP contribution is -2.27. The van der Waals surface area contributed by atoms with Gasteiger partial charge < -0.3 is 10.1 Å². The first-order valence-electron chi connectivity index (χ1n) is 9.02. The second kappa shape index (κ2) is 9.49. The van der Waals surface area contributed by atoms with Gasteiger partial charge in [0.1, 0.15) is 5.78 Å². The average molecular weight is 409 g/mol. The van der Waals surface area contributed by atoms with E-state index in [0.29, 0.717) is 28.8 Å². The molecule has 29 heavy (non-hydrogen) atoms. The van der Waals surface area contributed by atoms with E-state index in [2.05, 4.69) is 20.0 Å². The van der Waals surface area contributed by atoms with Gasteiger partial charge in [-0.3, -0.25) is 14.6 Å². The van der Waals surface area contributed by atoms with Crippen LogP contribution in [0.5, 0.6) is 5.88 Å². The van der Waals surface area contributed by atoms with E-state index < -0.39 is 18.8 Å². The number of aryl methyl sites for hydroxylation is 1. The van der Waals surface area contributed by atoms with Gasteiger partial charge in [-0.1, -0.05) is 6.92 Å². The van der Waals surface area contributed by atoms with Gasteiger partial charge in [0.15, 0.2) is 6.61 Å². The highest BCUT2D eigenvalue weighted by Gasteiger charge is 2.29. The Morgan fingerprint density at radius 2 is 1.97 bits per heavy atom. The third-order valence-electron chi connectivity index (χ3n) is 4.12. The number of rotatable bonds is 8. The molecule has 0 radical (unpaired) electrons. The van der Waals surface area contributed by atoms with Crippen LogP contribution in [-0.4, -0.2) is 34.4 Å². The summed E-state index contributed by atoms with van der Waals surface area (Å²) in [5.41, 5.74) is 1.92. The minimum absolute atomic E-state index is 0.0257. The molecule has 6 nitrogen and oxygen atoms in total. The van der Waals surface area contributed by atoms with Gasteiger partial charge in [0.2, 0.25) is 5.88 Å². The van der Waals surface area contributed by atoms with E-state index in [9.17, 15) is 22.8 Å². The van der Waals surface area contributed by atoms with E-state index in [1.807, 2.05) is 0 Å². The summed E-state index contributed by atoms with van der Waals surface area (Å²) < 4.78 is 41.5. The third kappa shape index (κ3) is 6.85. The highest BCUT2D eigenvalue weighted by atomic mass is 19.4. The number of carbonyl (C=O) groups excluding carboxylic acids is 2. The Bertz CT molecular complexity index is 885. The Balaban J connectivity index is 2.05. The molecule has 2 heterocycles. The number of aromatic nitrogens is 2. The van der Waals surface area contributed by atoms with Gasteiger partial charge in [-0.25, -0.2) is 4.98 Å². The van der Waals surface area contributed by atoms with Crippen molar-refractivity contribution < 1.29 is 27.5 Å². The summed E-state index contributed by atoms with van der Waals surface area (Å²) in [7, 11) is 0. The molecule has 0 spiro atoms. The van der Waals surface area contributed by atoms with E-state index in [-0.39, 0.29) is 24.0 Å². The molecule has 156 valence electrons. The molecule has 0 bridgehead atoms. The first-order chi connectivity index (χ1) is 13.6. The summed E-state index contributed by atoms with van der Waals surface area (Å²) in [6.07, 6.45) is -1.06. The van der Waals surface area contributed by atoms with Gasteiger partial charge in [-0.15, -0.1) is 0 Å². The summed E-state index contributed by atoms with van der Waals surface area (Å²) in [4.78, 5) is 32.1. The zero-order chi connectivity index (χ0) is 21.6. The molecular weight excluding hydrogens is 387 g/mol. The van der Waals surface area contributed by atoms with Crippen molar-refractivity contribution in [2.75, 3.05) is 6.61 Å². The normalized spacial score (nSPS) is 12.3. The van der Waals surface area contributed by atoms with Crippen molar-refractivity contribution in [2.45, 2.75) is 45.8 Å². The summed E-state index contributed by atoms with van der Waals surface area (Å²) in [5.74, 6) is -0.443. The van der Waals surface area contributed by atoms with Crippen molar-refractivity contribution in [2.24, 2.45) is 0 Å². The Morgan fingerprint density at radius 3 is 2.59 bits per heavy atom. The summed E-state index contributed by atoms with van der Waals surface area (Å²) >= 11 is 0. The number of carbonyl (C=O) groups is 2. The molecular formula is C20H22F3N3O3. The molecule has 1 amide bonds. The second-order valence-corrected chi connectivity index (χ2v) is 6.59. The predicted octanol–water partition coefficient (Wildman–Crippen LogP) is 3.74. The second-order valence-electron chi connectivity index (χ2n) is 6.59. The average Bonchev–Trinajstić information content (AvgIpc) is 2.66. The van der Waals surface area contributed by atoms with Crippen LogP contribution >= 0.6 is 0 Å². The number of Topliss-reactive ketones (excluding diaryl/α,β-unsaturated/α-hetero) is 1. The maximum Gasteiger partial charge on any atom is 0.422 e. The van der Waals surface area contributed by atoms with Crippen molar-refractivity contribution >= 4 is 11.7 Å². The summed E-state index contributed by atoms with van der Waals surface area (Å²) in [6.45, 7) is 3.65. The minimum atomic E-state index is -4.45. The van der Waals surface area contributed by atoms with Gasteiger partial charge in [0.05, 0.1) is 6.04 Å². The van der Waals surface area contributed by atoms with Crippen molar-refractivity contribution in [3.63, 3.8) is 0 Å². The number of ketones is 1. The predicted molar refractivity (Wildman–Crippen MR) is 99.6 cm³/mol. The fraction of sp³-hybridized carbons (Fsp3) is 0.400. The Labute approximate surface area is 166 Å². The van der Waals surface area contributed by atoms with Crippen LogP contribution in [0.4, 0.5) is 13.2 Å². The highest BCUT2D eigenvalue weighted by Crippen LogP contribution is 2.22. The Hall–Kier alpha value is -2.97. The number of nitrogens with zero attached hydrogens (tertiary/aromatic N) is 2. The van der Waals surface area contributed by atoms with Crippen LogP contribution < -0.4 is 10.1 Å². The van der Waals surface area contributed by atoms with E-state index in [1.54, 1.807) is 39.0 Å².